The van der Waals surface area contributed by atoms with Gasteiger partial charge in [0.15, 0.2) is 5.82 Å². The molecule has 4 aromatic rings. The van der Waals surface area contributed by atoms with E-state index in [1.54, 1.807) is 34.0 Å². The van der Waals surface area contributed by atoms with Gasteiger partial charge in [0.2, 0.25) is 5.91 Å². The van der Waals surface area contributed by atoms with Crippen LogP contribution in [-0.2, 0) is 17.9 Å². The van der Waals surface area contributed by atoms with E-state index in [0.29, 0.717) is 16.3 Å². The van der Waals surface area contributed by atoms with Gasteiger partial charge in [-0.2, -0.15) is 5.10 Å². The van der Waals surface area contributed by atoms with Gasteiger partial charge in [-0.05, 0) is 25.0 Å². The highest BCUT2D eigenvalue weighted by atomic mass is 32.1. The third kappa shape index (κ3) is 4.29. The number of aromatic amines is 1. The Balaban J connectivity index is 1.88. The third-order valence-electron chi connectivity index (χ3n) is 5.35. The summed E-state index contributed by atoms with van der Waals surface area (Å²) in [5, 5.41) is 9.63. The van der Waals surface area contributed by atoms with Crippen molar-refractivity contribution < 1.29 is 9.59 Å². The molecule has 3 heterocycles. The summed E-state index contributed by atoms with van der Waals surface area (Å²) in [6.45, 7) is 3.19. The Morgan fingerprint density at radius 1 is 1.12 bits per heavy atom. The fourth-order valence-electron chi connectivity index (χ4n) is 3.65. The molecular formula is C23H24N6O4S. The van der Waals surface area contributed by atoms with E-state index >= 15 is 0 Å². The predicted octanol–water partition coefficient (Wildman–Crippen LogP) is 1.95. The number of H-pyrrole nitrogens is 1. The Hall–Kier alpha value is -3.99. The Bertz CT molecular complexity index is 1510. The lowest BCUT2D eigenvalue weighted by Crippen LogP contribution is -2.41. The lowest BCUT2D eigenvalue weighted by molar-refractivity contribution is -0.116. The molecule has 3 aromatic heterocycles. The smallest absolute Gasteiger partial charge is 0.332 e. The molecule has 11 heteroatoms. The number of rotatable bonds is 6. The number of nitrogens with zero attached hydrogens (tertiary/aromatic N) is 4. The molecule has 0 saturated heterocycles. The minimum absolute atomic E-state index is 0.0425. The van der Waals surface area contributed by atoms with Crippen LogP contribution in [0.1, 0.15) is 26.5 Å². The molecule has 0 spiro atoms. The zero-order chi connectivity index (χ0) is 24.6. The zero-order valence-corrected chi connectivity index (χ0v) is 20.0. The average Bonchev–Trinajstić information content (AvgIpc) is 3.36. The highest BCUT2D eigenvalue weighted by Gasteiger charge is 2.25. The van der Waals surface area contributed by atoms with Gasteiger partial charge >= 0.3 is 5.69 Å². The van der Waals surface area contributed by atoms with Gasteiger partial charge in [0, 0.05) is 25.9 Å². The maximum atomic E-state index is 13.5. The Morgan fingerprint density at radius 2 is 1.82 bits per heavy atom. The summed E-state index contributed by atoms with van der Waals surface area (Å²) in [6, 6.07) is 10.8. The van der Waals surface area contributed by atoms with Crippen molar-refractivity contribution in [1.29, 1.82) is 0 Å². The lowest BCUT2D eigenvalue weighted by atomic mass is 10.2. The number of amides is 2. The Labute approximate surface area is 198 Å². The molecule has 0 saturated carbocycles. The fourth-order valence-corrected chi connectivity index (χ4v) is 4.97. The second-order valence-electron chi connectivity index (χ2n) is 8.17. The first-order chi connectivity index (χ1) is 16.2. The van der Waals surface area contributed by atoms with E-state index in [0.717, 1.165) is 27.2 Å². The van der Waals surface area contributed by atoms with Crippen molar-refractivity contribution in [3.8, 4) is 0 Å². The molecule has 0 aliphatic heterocycles. The van der Waals surface area contributed by atoms with Gasteiger partial charge < -0.3 is 10.2 Å². The Morgan fingerprint density at radius 3 is 2.44 bits per heavy atom. The molecule has 2 N–H and O–H groups in total. The second kappa shape index (κ2) is 9.10. The van der Waals surface area contributed by atoms with Crippen LogP contribution in [0.3, 0.4) is 0 Å². The van der Waals surface area contributed by atoms with Crippen molar-refractivity contribution in [3.63, 3.8) is 0 Å². The van der Waals surface area contributed by atoms with Crippen molar-refractivity contribution >= 4 is 39.2 Å². The highest BCUT2D eigenvalue weighted by Crippen LogP contribution is 2.28. The normalized spacial score (nSPS) is 11.1. The molecule has 34 heavy (non-hydrogen) atoms. The molecule has 0 aliphatic rings. The maximum Gasteiger partial charge on any atom is 0.332 e. The summed E-state index contributed by atoms with van der Waals surface area (Å²) in [7, 11) is 3.23. The average molecular weight is 481 g/mol. The van der Waals surface area contributed by atoms with Crippen LogP contribution in [0.5, 0.6) is 0 Å². The molecule has 0 unspecified atom stereocenters. The first kappa shape index (κ1) is 23.2. The van der Waals surface area contributed by atoms with Crippen molar-refractivity contribution in [2.45, 2.75) is 26.9 Å². The molecule has 4 rings (SSSR count). The third-order valence-corrected chi connectivity index (χ3v) is 6.66. The number of benzene rings is 1. The summed E-state index contributed by atoms with van der Waals surface area (Å²) in [5.41, 5.74) is 0.908. The second-order valence-corrected chi connectivity index (χ2v) is 9.16. The summed E-state index contributed by atoms with van der Waals surface area (Å²) in [4.78, 5) is 54.5. The number of carbonyl (C=O) groups excluding carboxylic acids is 2. The van der Waals surface area contributed by atoms with E-state index in [1.165, 1.54) is 9.47 Å². The molecule has 1 aromatic carbocycles. The van der Waals surface area contributed by atoms with Crippen LogP contribution < -0.4 is 16.6 Å². The number of thiophene rings is 1. The minimum atomic E-state index is -0.625. The molecule has 176 valence electrons. The number of hydrogen-bond donors (Lipinski definition) is 2. The van der Waals surface area contributed by atoms with Crippen molar-refractivity contribution in [1.82, 2.24) is 24.2 Å². The molecular weight excluding hydrogens is 456 g/mol. The van der Waals surface area contributed by atoms with Crippen molar-refractivity contribution in [3.05, 3.63) is 78.9 Å². The molecule has 0 radical (unpaired) electrons. The van der Waals surface area contributed by atoms with E-state index in [-0.39, 0.29) is 29.2 Å². The summed E-state index contributed by atoms with van der Waals surface area (Å²) >= 11 is 1.04. The van der Waals surface area contributed by atoms with Crippen molar-refractivity contribution in [2.75, 3.05) is 19.4 Å². The number of hydrogen-bond acceptors (Lipinski definition) is 6. The number of aromatic nitrogens is 4. The minimum Gasteiger partial charge on any atom is -0.344 e. The van der Waals surface area contributed by atoms with E-state index < -0.39 is 17.2 Å². The van der Waals surface area contributed by atoms with Gasteiger partial charge in [-0.25, -0.2) is 4.79 Å². The number of nitrogens with one attached hydrogen (secondary N) is 2. The van der Waals surface area contributed by atoms with Gasteiger partial charge in [-0.15, -0.1) is 11.3 Å². The Kier molecular flexibility index (Phi) is 6.20. The maximum absolute atomic E-state index is 13.5. The molecule has 0 bridgehead atoms. The van der Waals surface area contributed by atoms with E-state index in [1.807, 2.05) is 30.3 Å². The molecule has 2 amide bonds. The summed E-state index contributed by atoms with van der Waals surface area (Å²) < 4.78 is 2.35. The van der Waals surface area contributed by atoms with Gasteiger partial charge in [-0.3, -0.25) is 28.6 Å². The van der Waals surface area contributed by atoms with Crippen LogP contribution >= 0.6 is 11.3 Å². The van der Waals surface area contributed by atoms with Gasteiger partial charge in [0.25, 0.3) is 11.5 Å². The van der Waals surface area contributed by atoms with E-state index in [9.17, 15) is 19.2 Å². The molecule has 0 atom stereocenters. The first-order valence-corrected chi connectivity index (χ1v) is 11.3. The number of anilines is 1. The van der Waals surface area contributed by atoms with E-state index in [2.05, 4.69) is 15.5 Å². The van der Waals surface area contributed by atoms with Crippen LogP contribution in [0.4, 0.5) is 5.82 Å². The molecule has 0 fully saturated rings. The zero-order valence-electron chi connectivity index (χ0n) is 19.2. The van der Waals surface area contributed by atoms with Crippen LogP contribution in [0, 0.1) is 13.8 Å². The monoisotopic (exact) mass is 480 g/mol. The SMILES string of the molecule is Cc1cc(NC(=O)Cn2c(=O)n(Cc3ccccc3)c(=O)c3c(C)c(C(=O)N(C)C)sc32)n[nH]1. The number of carbonyl (C=O) groups is 2. The number of aryl methyl sites for hydroxylation is 2. The number of fused-ring (bicyclic) bond motifs is 1. The quantitative estimate of drug-likeness (QED) is 0.437. The standard InChI is InChI=1S/C23H24N6O4S/c1-13-10-16(26-25-13)24-17(30)12-29-22-18(14(2)19(34-22)21(32)27(3)4)20(31)28(23(29)33)11-15-8-6-5-7-9-15/h5-10H,11-12H2,1-4H3,(H2,24,25,26,30). The predicted molar refractivity (Wildman–Crippen MR) is 131 cm³/mol. The topological polar surface area (TPSA) is 122 Å². The van der Waals surface area contributed by atoms with Crippen LogP contribution in [-0.4, -0.2) is 50.1 Å². The van der Waals surface area contributed by atoms with E-state index in [4.69, 9.17) is 0 Å². The van der Waals surface area contributed by atoms with Crippen molar-refractivity contribution in [2.24, 2.45) is 0 Å². The first-order valence-electron chi connectivity index (χ1n) is 10.5. The molecule has 10 nitrogen and oxygen atoms in total. The van der Waals surface area contributed by atoms with Crippen LogP contribution in [0.2, 0.25) is 0 Å². The summed E-state index contributed by atoms with van der Waals surface area (Å²) in [6.07, 6.45) is 0. The fraction of sp³-hybridized carbons (Fsp3) is 0.261. The highest BCUT2D eigenvalue weighted by molar-refractivity contribution is 7.20. The lowest BCUT2D eigenvalue weighted by Gasteiger charge is -2.12. The van der Waals surface area contributed by atoms with Crippen LogP contribution in [0.25, 0.3) is 10.2 Å². The summed E-state index contributed by atoms with van der Waals surface area (Å²) in [5.74, 6) is -0.426. The van der Waals surface area contributed by atoms with Gasteiger partial charge in [-0.1, -0.05) is 30.3 Å². The molecule has 0 aliphatic carbocycles. The largest absolute Gasteiger partial charge is 0.344 e. The van der Waals surface area contributed by atoms with Crippen LogP contribution in [0.15, 0.2) is 46.0 Å². The van der Waals surface area contributed by atoms with Gasteiger partial charge in [0.05, 0.1) is 16.8 Å². The van der Waals surface area contributed by atoms with Gasteiger partial charge in [0.1, 0.15) is 11.4 Å².